The van der Waals surface area contributed by atoms with Gasteiger partial charge in [0.05, 0.1) is 0 Å². The normalized spacial score (nSPS) is 10.8. The van der Waals surface area contributed by atoms with Gasteiger partial charge in [-0.2, -0.15) is 25.3 Å². The van der Waals surface area contributed by atoms with E-state index in [0.29, 0.717) is 0 Å². The zero-order valence-electron chi connectivity index (χ0n) is 6.42. The van der Waals surface area contributed by atoms with E-state index < -0.39 is 0 Å². The van der Waals surface area contributed by atoms with Gasteiger partial charge in [0.2, 0.25) is 0 Å². The van der Waals surface area contributed by atoms with Gasteiger partial charge in [-0.3, -0.25) is 0 Å². The van der Waals surface area contributed by atoms with Gasteiger partial charge < -0.3 is 4.74 Å². The lowest BCUT2D eigenvalue weighted by atomic mass is 10.3. The maximum atomic E-state index is 5.17. The van der Waals surface area contributed by atoms with Crippen LogP contribution in [0.25, 0.3) is 0 Å². The second-order valence-corrected chi connectivity index (χ2v) is 3.83. The molecule has 0 saturated heterocycles. The van der Waals surface area contributed by atoms with Crippen molar-refractivity contribution in [2.75, 3.05) is 13.2 Å². The largest absolute Gasteiger partial charge is 0.382 e. The molecule has 10 heavy (non-hydrogen) atoms. The second kappa shape index (κ2) is 7.76. The van der Waals surface area contributed by atoms with Crippen LogP contribution in [0.15, 0.2) is 0 Å². The molecule has 1 nitrogen and oxygen atoms in total. The molecule has 0 heterocycles. The van der Waals surface area contributed by atoms with Crippen molar-refractivity contribution in [3.8, 4) is 0 Å². The van der Waals surface area contributed by atoms with E-state index in [1.807, 2.05) is 6.92 Å². The molecule has 0 saturated carbocycles. The number of thiol groups is 2. The molecular weight excluding hydrogens is 164 g/mol. The third kappa shape index (κ3) is 8.66. The summed E-state index contributed by atoms with van der Waals surface area (Å²) in [5, 5.41) is 0. The predicted molar refractivity (Wildman–Crippen MR) is 52.1 cm³/mol. The molecule has 0 bridgehead atoms. The lowest BCUT2D eigenvalue weighted by Gasteiger charge is -2.02. The summed E-state index contributed by atoms with van der Waals surface area (Å²) < 4.78 is 5.40. The van der Waals surface area contributed by atoms with Gasteiger partial charge in [0.15, 0.2) is 0 Å². The topological polar surface area (TPSA) is 9.23 Å². The van der Waals surface area contributed by atoms with Crippen molar-refractivity contribution in [1.29, 1.82) is 0 Å². The van der Waals surface area contributed by atoms with Crippen LogP contribution in [0.2, 0.25) is 0 Å². The Kier molecular flexibility index (Phi) is 8.28. The average molecular weight is 180 g/mol. The van der Waals surface area contributed by atoms with Crippen LogP contribution in [0, 0.1) is 0 Å². The van der Waals surface area contributed by atoms with Gasteiger partial charge in [0.25, 0.3) is 0 Å². The second-order valence-electron chi connectivity index (χ2n) is 2.17. The first-order chi connectivity index (χ1) is 4.77. The maximum absolute atomic E-state index is 5.17. The van der Waals surface area contributed by atoms with Gasteiger partial charge in [0.1, 0.15) is 0 Å². The number of ether oxygens (including phenoxy) is 1. The standard InChI is InChI=1S/C7H16OS2/c1-2-8-6-4-3-5-7(9)10/h7,9-10H,2-6H2,1H3. The minimum Gasteiger partial charge on any atom is -0.382 e. The molecule has 0 unspecified atom stereocenters. The fraction of sp³-hybridized carbons (Fsp3) is 1.00. The van der Waals surface area contributed by atoms with Crippen molar-refractivity contribution in [2.24, 2.45) is 0 Å². The highest BCUT2D eigenvalue weighted by atomic mass is 32.2. The van der Waals surface area contributed by atoms with E-state index in [1.54, 1.807) is 0 Å². The summed E-state index contributed by atoms with van der Waals surface area (Å²) in [5.41, 5.74) is 0. The van der Waals surface area contributed by atoms with Gasteiger partial charge in [0, 0.05) is 17.8 Å². The van der Waals surface area contributed by atoms with Gasteiger partial charge in [-0.25, -0.2) is 0 Å². The van der Waals surface area contributed by atoms with Crippen molar-refractivity contribution in [2.45, 2.75) is 30.8 Å². The Labute approximate surface area is 74.4 Å². The quantitative estimate of drug-likeness (QED) is 0.362. The van der Waals surface area contributed by atoms with Crippen molar-refractivity contribution < 1.29 is 4.74 Å². The molecule has 0 radical (unpaired) electrons. The Balaban J connectivity index is 2.77. The molecule has 0 N–H and O–H groups in total. The molecular formula is C7H16OS2. The van der Waals surface area contributed by atoms with E-state index >= 15 is 0 Å². The Morgan fingerprint density at radius 1 is 1.30 bits per heavy atom. The van der Waals surface area contributed by atoms with E-state index in [2.05, 4.69) is 25.3 Å². The Hall–Kier alpha value is 0.660. The van der Waals surface area contributed by atoms with Crippen LogP contribution < -0.4 is 0 Å². The van der Waals surface area contributed by atoms with E-state index in [-0.39, 0.29) is 4.58 Å². The molecule has 0 rings (SSSR count). The lowest BCUT2D eigenvalue weighted by molar-refractivity contribution is 0.143. The van der Waals surface area contributed by atoms with Gasteiger partial charge in [-0.1, -0.05) is 0 Å². The van der Waals surface area contributed by atoms with Crippen LogP contribution in [-0.4, -0.2) is 17.8 Å². The predicted octanol–water partition coefficient (Wildman–Crippen LogP) is 2.38. The highest BCUT2D eigenvalue weighted by molar-refractivity contribution is 7.99. The maximum Gasteiger partial charge on any atom is 0.0465 e. The molecule has 0 fully saturated rings. The Morgan fingerprint density at radius 2 is 2.00 bits per heavy atom. The molecule has 0 aromatic heterocycles. The van der Waals surface area contributed by atoms with E-state index in [1.165, 1.54) is 0 Å². The Morgan fingerprint density at radius 3 is 2.50 bits per heavy atom. The van der Waals surface area contributed by atoms with Crippen molar-refractivity contribution >= 4 is 25.3 Å². The highest BCUT2D eigenvalue weighted by Crippen LogP contribution is 2.09. The van der Waals surface area contributed by atoms with E-state index in [0.717, 1.165) is 32.5 Å². The molecule has 0 aromatic rings. The first-order valence-corrected chi connectivity index (χ1v) is 4.74. The molecule has 0 amide bonds. The van der Waals surface area contributed by atoms with Gasteiger partial charge >= 0.3 is 0 Å². The number of rotatable bonds is 6. The third-order valence-electron chi connectivity index (χ3n) is 1.21. The van der Waals surface area contributed by atoms with Gasteiger partial charge in [-0.15, -0.1) is 0 Å². The van der Waals surface area contributed by atoms with Crippen molar-refractivity contribution in [3.05, 3.63) is 0 Å². The van der Waals surface area contributed by atoms with Crippen molar-refractivity contribution in [3.63, 3.8) is 0 Å². The molecule has 62 valence electrons. The van der Waals surface area contributed by atoms with Crippen molar-refractivity contribution in [1.82, 2.24) is 0 Å². The third-order valence-corrected chi connectivity index (χ3v) is 1.72. The minimum atomic E-state index is 0.238. The van der Waals surface area contributed by atoms with Crippen LogP contribution in [0.5, 0.6) is 0 Å². The molecule has 0 atom stereocenters. The summed E-state index contributed by atoms with van der Waals surface area (Å²) in [5.74, 6) is 0. The van der Waals surface area contributed by atoms with Crippen LogP contribution >= 0.6 is 25.3 Å². The molecule has 0 aromatic carbocycles. The van der Waals surface area contributed by atoms with Gasteiger partial charge in [-0.05, 0) is 26.2 Å². The summed E-state index contributed by atoms with van der Waals surface area (Å²) in [6.45, 7) is 3.72. The summed E-state index contributed by atoms with van der Waals surface area (Å²) >= 11 is 8.29. The SMILES string of the molecule is CCOCCCCC(S)S. The fourth-order valence-corrected chi connectivity index (χ4v) is 1.04. The van der Waals surface area contributed by atoms with Crippen LogP contribution in [0.1, 0.15) is 26.2 Å². The zero-order valence-corrected chi connectivity index (χ0v) is 8.20. The highest BCUT2D eigenvalue weighted by Gasteiger charge is 1.94. The number of hydrogen-bond acceptors (Lipinski definition) is 3. The zero-order chi connectivity index (χ0) is 7.82. The monoisotopic (exact) mass is 180 g/mol. The number of hydrogen-bond donors (Lipinski definition) is 2. The summed E-state index contributed by atoms with van der Waals surface area (Å²) in [6.07, 6.45) is 3.36. The van der Waals surface area contributed by atoms with E-state index in [9.17, 15) is 0 Å². The average Bonchev–Trinajstić information content (AvgIpc) is 1.87. The van der Waals surface area contributed by atoms with Crippen LogP contribution in [0.4, 0.5) is 0 Å². The van der Waals surface area contributed by atoms with E-state index in [4.69, 9.17) is 4.74 Å². The van der Waals surface area contributed by atoms with Crippen LogP contribution in [0.3, 0.4) is 0 Å². The molecule has 0 aliphatic heterocycles. The summed E-state index contributed by atoms with van der Waals surface area (Å²) in [7, 11) is 0. The summed E-state index contributed by atoms with van der Waals surface area (Å²) in [6, 6.07) is 0. The number of unbranched alkanes of at least 4 members (excludes halogenated alkanes) is 1. The first kappa shape index (κ1) is 10.7. The lowest BCUT2D eigenvalue weighted by Crippen LogP contribution is -1.94. The molecule has 0 aliphatic carbocycles. The molecule has 0 aliphatic rings. The fourth-order valence-electron chi connectivity index (χ4n) is 0.675. The van der Waals surface area contributed by atoms with Crippen LogP contribution in [-0.2, 0) is 4.74 Å². The molecule has 0 spiro atoms. The Bertz CT molecular complexity index is 66.6. The molecule has 3 heteroatoms. The first-order valence-electron chi connectivity index (χ1n) is 3.71. The smallest absolute Gasteiger partial charge is 0.0465 e. The summed E-state index contributed by atoms with van der Waals surface area (Å²) in [4.78, 5) is 0. The minimum absolute atomic E-state index is 0.238.